The third-order valence-electron chi connectivity index (χ3n) is 5.36. The van der Waals surface area contributed by atoms with E-state index >= 15 is 0 Å². The van der Waals surface area contributed by atoms with Crippen molar-refractivity contribution in [2.45, 2.75) is 38.8 Å². The fraction of sp³-hybridized carbons (Fsp3) is 0.391. The molecule has 29 heavy (non-hydrogen) atoms. The lowest BCUT2D eigenvalue weighted by molar-refractivity contribution is -0.129. The monoisotopic (exact) mass is 414 g/mol. The number of rotatable bonds is 8. The predicted octanol–water partition coefficient (Wildman–Crippen LogP) is 4.35. The van der Waals surface area contributed by atoms with E-state index in [1.54, 1.807) is 19.2 Å². The molecule has 3 rings (SSSR count). The number of ether oxygens (including phenoxy) is 1. The Morgan fingerprint density at radius 1 is 1.17 bits per heavy atom. The summed E-state index contributed by atoms with van der Waals surface area (Å²) >= 11 is 5.92. The fourth-order valence-corrected chi connectivity index (χ4v) is 3.88. The van der Waals surface area contributed by atoms with Crippen molar-refractivity contribution in [2.75, 3.05) is 13.7 Å². The summed E-state index contributed by atoms with van der Waals surface area (Å²) in [5.41, 5.74) is 1.93. The Hall–Kier alpha value is -2.53. The van der Waals surface area contributed by atoms with Gasteiger partial charge >= 0.3 is 0 Å². The number of carbonyl (C=O) groups is 2. The number of likely N-dealkylation sites (tertiary alicyclic amines) is 1. The molecule has 0 saturated carbocycles. The van der Waals surface area contributed by atoms with Crippen LogP contribution in [0, 0.1) is 5.92 Å². The molecule has 2 aromatic carbocycles. The van der Waals surface area contributed by atoms with Crippen LogP contribution in [0.15, 0.2) is 48.5 Å². The molecule has 1 saturated heterocycles. The molecule has 1 fully saturated rings. The van der Waals surface area contributed by atoms with E-state index in [0.717, 1.165) is 29.7 Å². The van der Waals surface area contributed by atoms with Gasteiger partial charge in [-0.25, -0.2) is 0 Å². The zero-order valence-electron chi connectivity index (χ0n) is 16.9. The van der Waals surface area contributed by atoms with Crippen molar-refractivity contribution < 1.29 is 14.3 Å². The Balaban J connectivity index is 1.78. The molecule has 1 heterocycles. The number of nitrogens with one attached hydrogen (secondary N) is 1. The summed E-state index contributed by atoms with van der Waals surface area (Å²) in [4.78, 5) is 27.6. The Labute approximate surface area is 177 Å². The summed E-state index contributed by atoms with van der Waals surface area (Å²) in [5, 5.41) is 3.65. The molecule has 2 amide bonds. The van der Waals surface area contributed by atoms with Gasteiger partial charge in [-0.3, -0.25) is 9.59 Å². The summed E-state index contributed by atoms with van der Waals surface area (Å²) in [7, 11) is 1.62. The van der Waals surface area contributed by atoms with Crippen molar-refractivity contribution in [3.8, 4) is 5.75 Å². The highest BCUT2D eigenvalue weighted by molar-refractivity contribution is 6.30. The average Bonchev–Trinajstić information content (AvgIpc) is 3.07. The number of carbonyl (C=O) groups excluding carboxylic acids is 2. The van der Waals surface area contributed by atoms with Gasteiger partial charge in [0.15, 0.2) is 0 Å². The first-order chi connectivity index (χ1) is 14.0. The van der Waals surface area contributed by atoms with Crippen LogP contribution in [0.5, 0.6) is 5.75 Å². The molecule has 0 spiro atoms. The Morgan fingerprint density at radius 2 is 1.86 bits per heavy atom. The standard InChI is InChI=1S/C23H27ClN2O3/c1-3-4-13-26-21(27)14-20(22(26)17-7-11-19(29-2)12-8-17)23(28)25-15-16-5-9-18(24)10-6-16/h5-12,20,22H,3-4,13-15H2,1-2H3,(H,25,28). The van der Waals surface area contributed by atoms with E-state index in [4.69, 9.17) is 16.3 Å². The Kier molecular flexibility index (Phi) is 7.15. The number of unbranched alkanes of at least 4 members (excludes halogenated alkanes) is 1. The molecule has 0 aromatic heterocycles. The summed E-state index contributed by atoms with van der Waals surface area (Å²) in [6.07, 6.45) is 2.14. The molecule has 5 nitrogen and oxygen atoms in total. The minimum atomic E-state index is -0.417. The van der Waals surface area contributed by atoms with Gasteiger partial charge in [-0.15, -0.1) is 0 Å². The molecule has 0 radical (unpaired) electrons. The van der Waals surface area contributed by atoms with Crippen LogP contribution in [0.1, 0.15) is 43.4 Å². The third-order valence-corrected chi connectivity index (χ3v) is 5.61. The number of benzene rings is 2. The zero-order valence-corrected chi connectivity index (χ0v) is 17.6. The van der Waals surface area contributed by atoms with Gasteiger partial charge in [0.05, 0.1) is 19.1 Å². The van der Waals surface area contributed by atoms with Crippen LogP contribution in [0.2, 0.25) is 5.02 Å². The highest BCUT2D eigenvalue weighted by atomic mass is 35.5. The second-order valence-corrected chi connectivity index (χ2v) is 7.75. The van der Waals surface area contributed by atoms with E-state index in [2.05, 4.69) is 12.2 Å². The van der Waals surface area contributed by atoms with Gasteiger partial charge in [0, 0.05) is 24.5 Å². The van der Waals surface area contributed by atoms with Gasteiger partial charge in [0.1, 0.15) is 5.75 Å². The van der Waals surface area contributed by atoms with Crippen molar-refractivity contribution in [1.29, 1.82) is 0 Å². The predicted molar refractivity (Wildman–Crippen MR) is 114 cm³/mol. The maximum Gasteiger partial charge on any atom is 0.226 e. The van der Waals surface area contributed by atoms with Gasteiger partial charge in [-0.2, -0.15) is 0 Å². The molecule has 2 atom stereocenters. The molecule has 1 aliphatic heterocycles. The van der Waals surface area contributed by atoms with Crippen molar-refractivity contribution in [1.82, 2.24) is 10.2 Å². The minimum Gasteiger partial charge on any atom is -0.497 e. The van der Waals surface area contributed by atoms with Crippen molar-refractivity contribution in [2.24, 2.45) is 5.92 Å². The van der Waals surface area contributed by atoms with Crippen LogP contribution in [-0.2, 0) is 16.1 Å². The van der Waals surface area contributed by atoms with Crippen molar-refractivity contribution in [3.05, 3.63) is 64.7 Å². The van der Waals surface area contributed by atoms with Crippen molar-refractivity contribution >= 4 is 23.4 Å². The molecule has 154 valence electrons. The normalized spacial score (nSPS) is 18.7. The largest absolute Gasteiger partial charge is 0.497 e. The lowest BCUT2D eigenvalue weighted by atomic mass is 9.92. The first kappa shape index (κ1) is 21.2. The van der Waals surface area contributed by atoms with Crippen molar-refractivity contribution in [3.63, 3.8) is 0 Å². The second-order valence-electron chi connectivity index (χ2n) is 7.31. The van der Waals surface area contributed by atoms with Crippen LogP contribution in [0.3, 0.4) is 0 Å². The molecule has 1 N–H and O–H groups in total. The highest BCUT2D eigenvalue weighted by Crippen LogP contribution is 2.39. The number of halogens is 1. The third kappa shape index (κ3) is 5.10. The van der Waals surface area contributed by atoms with E-state index in [1.165, 1.54) is 0 Å². The van der Waals surface area contributed by atoms with Gasteiger partial charge in [0.2, 0.25) is 11.8 Å². The van der Waals surface area contributed by atoms with Gasteiger partial charge < -0.3 is 15.0 Å². The molecule has 6 heteroatoms. The molecule has 1 aliphatic rings. The summed E-state index contributed by atoms with van der Waals surface area (Å²) in [6, 6.07) is 14.8. The lowest BCUT2D eigenvalue weighted by Crippen LogP contribution is -2.35. The van der Waals surface area contributed by atoms with E-state index in [1.807, 2.05) is 41.3 Å². The molecule has 0 aliphatic carbocycles. The SMILES string of the molecule is CCCCN1C(=O)CC(C(=O)NCc2ccc(Cl)cc2)C1c1ccc(OC)cc1. The quantitative estimate of drug-likeness (QED) is 0.698. The molecular formula is C23H27ClN2O3. The summed E-state index contributed by atoms with van der Waals surface area (Å²) < 4.78 is 5.25. The molecule has 2 aromatic rings. The van der Waals surface area contributed by atoms with Crippen LogP contribution >= 0.6 is 11.6 Å². The molecule has 0 bridgehead atoms. The lowest BCUT2D eigenvalue weighted by Gasteiger charge is -2.28. The Bertz CT molecular complexity index is 836. The summed E-state index contributed by atoms with van der Waals surface area (Å²) in [6.45, 7) is 3.16. The summed E-state index contributed by atoms with van der Waals surface area (Å²) in [5.74, 6) is 0.265. The van der Waals surface area contributed by atoms with Crippen LogP contribution in [0.4, 0.5) is 0 Å². The van der Waals surface area contributed by atoms with Gasteiger partial charge in [0.25, 0.3) is 0 Å². The van der Waals surface area contributed by atoms with Gasteiger partial charge in [-0.1, -0.05) is 49.2 Å². The second kappa shape index (κ2) is 9.79. The van der Waals surface area contributed by atoms with E-state index < -0.39 is 5.92 Å². The smallest absolute Gasteiger partial charge is 0.226 e. The van der Waals surface area contributed by atoms with Crippen LogP contribution < -0.4 is 10.1 Å². The fourth-order valence-electron chi connectivity index (χ4n) is 3.75. The maximum atomic E-state index is 13.0. The van der Waals surface area contributed by atoms with E-state index in [9.17, 15) is 9.59 Å². The first-order valence-electron chi connectivity index (χ1n) is 9.99. The Morgan fingerprint density at radius 3 is 2.48 bits per heavy atom. The van der Waals surface area contributed by atoms with E-state index in [-0.39, 0.29) is 24.3 Å². The highest BCUT2D eigenvalue weighted by Gasteiger charge is 2.44. The number of hydrogen-bond donors (Lipinski definition) is 1. The molecule has 2 unspecified atom stereocenters. The topological polar surface area (TPSA) is 58.6 Å². The van der Waals surface area contributed by atoms with Crippen LogP contribution in [-0.4, -0.2) is 30.4 Å². The molecular weight excluding hydrogens is 388 g/mol. The van der Waals surface area contributed by atoms with E-state index in [0.29, 0.717) is 18.1 Å². The maximum absolute atomic E-state index is 13.0. The number of hydrogen-bond acceptors (Lipinski definition) is 3. The zero-order chi connectivity index (χ0) is 20.8. The first-order valence-corrected chi connectivity index (χ1v) is 10.4. The number of methoxy groups -OCH3 is 1. The van der Waals surface area contributed by atoms with Gasteiger partial charge in [-0.05, 0) is 41.8 Å². The number of amides is 2. The van der Waals surface area contributed by atoms with Crippen LogP contribution in [0.25, 0.3) is 0 Å². The number of nitrogens with zero attached hydrogens (tertiary/aromatic N) is 1. The minimum absolute atomic E-state index is 0.0333. The average molecular weight is 415 g/mol.